The number of benzene rings is 1. The van der Waals surface area contributed by atoms with E-state index in [2.05, 4.69) is 4.98 Å². The molecule has 1 heterocycles. The Balaban J connectivity index is 2.39. The van der Waals surface area contributed by atoms with Crippen LogP contribution in [0.15, 0.2) is 24.4 Å². The largest absolute Gasteiger partial charge is 0.465 e. The van der Waals surface area contributed by atoms with Crippen LogP contribution in [0.4, 0.5) is 0 Å². The van der Waals surface area contributed by atoms with E-state index in [-0.39, 0.29) is 5.97 Å². The van der Waals surface area contributed by atoms with Crippen LogP contribution in [0.25, 0.3) is 0 Å². The van der Waals surface area contributed by atoms with Crippen molar-refractivity contribution in [3.63, 3.8) is 0 Å². The highest BCUT2D eigenvalue weighted by Gasteiger charge is 2.17. The number of hydrogen-bond donors (Lipinski definition) is 1. The molecule has 0 fully saturated rings. The molecule has 0 bridgehead atoms. The Kier molecular flexibility index (Phi) is 4.17. The number of carbonyl (C=O) groups is 1. The third-order valence-corrected chi connectivity index (χ3v) is 3.54. The van der Waals surface area contributed by atoms with Crippen molar-refractivity contribution < 1.29 is 9.53 Å². The third-order valence-electron chi connectivity index (χ3n) is 2.94. The Morgan fingerprint density at radius 3 is 2.74 bits per heavy atom. The normalized spacial score (nSPS) is 10.5. The minimum Gasteiger partial charge on any atom is -0.465 e. The van der Waals surface area contributed by atoms with E-state index in [4.69, 9.17) is 27.9 Å². The Morgan fingerprint density at radius 2 is 2.05 bits per heavy atom. The first kappa shape index (κ1) is 14.0. The van der Waals surface area contributed by atoms with Gasteiger partial charge in [-0.15, -0.1) is 0 Å². The number of halogens is 2. The molecule has 19 heavy (non-hydrogen) atoms. The molecule has 2 aromatic rings. The predicted octanol–water partition coefficient (Wildman–Crippen LogP) is 4.01. The minimum atomic E-state index is -0.355. The third kappa shape index (κ3) is 2.94. The second kappa shape index (κ2) is 5.68. The summed E-state index contributed by atoms with van der Waals surface area (Å²) in [5, 5.41) is 1.24. The van der Waals surface area contributed by atoms with Crippen LogP contribution in [0.3, 0.4) is 0 Å². The number of methoxy groups -OCH3 is 1. The minimum absolute atomic E-state index is 0.355. The molecule has 0 aliphatic heterocycles. The maximum absolute atomic E-state index is 11.8. The van der Waals surface area contributed by atoms with Gasteiger partial charge in [0.15, 0.2) is 0 Å². The molecular formula is C14H13Cl2NO2. The highest BCUT2D eigenvalue weighted by atomic mass is 35.5. The number of nitrogens with one attached hydrogen (secondary N) is 1. The molecule has 0 radical (unpaired) electrons. The van der Waals surface area contributed by atoms with Crippen LogP contribution < -0.4 is 0 Å². The van der Waals surface area contributed by atoms with E-state index in [1.54, 1.807) is 24.4 Å². The molecule has 5 heteroatoms. The molecule has 2 rings (SSSR count). The van der Waals surface area contributed by atoms with Crippen molar-refractivity contribution >= 4 is 29.2 Å². The molecular weight excluding hydrogens is 285 g/mol. The van der Waals surface area contributed by atoms with E-state index in [1.807, 2.05) is 6.92 Å². The van der Waals surface area contributed by atoms with Gasteiger partial charge in [0.05, 0.1) is 12.7 Å². The van der Waals surface area contributed by atoms with E-state index in [9.17, 15) is 4.79 Å². The first-order valence-corrected chi connectivity index (χ1v) is 6.47. The number of esters is 1. The quantitative estimate of drug-likeness (QED) is 0.870. The monoisotopic (exact) mass is 297 g/mol. The summed E-state index contributed by atoms with van der Waals surface area (Å²) in [6, 6.07) is 5.28. The number of H-pyrrole nitrogens is 1. The number of aryl methyl sites for hydroxylation is 1. The van der Waals surface area contributed by atoms with Gasteiger partial charge in [-0.25, -0.2) is 4.79 Å². The molecule has 0 saturated heterocycles. The van der Waals surface area contributed by atoms with Gasteiger partial charge in [0.2, 0.25) is 0 Å². The molecule has 1 aromatic carbocycles. The molecule has 0 spiro atoms. The van der Waals surface area contributed by atoms with Gasteiger partial charge >= 0.3 is 5.97 Å². The van der Waals surface area contributed by atoms with Crippen LogP contribution in [0, 0.1) is 6.92 Å². The van der Waals surface area contributed by atoms with Crippen molar-refractivity contribution in [3.05, 3.63) is 56.8 Å². The highest BCUT2D eigenvalue weighted by Crippen LogP contribution is 2.25. The second-order valence-electron chi connectivity index (χ2n) is 4.22. The summed E-state index contributed by atoms with van der Waals surface area (Å²) >= 11 is 12.1. The molecule has 0 aliphatic rings. The van der Waals surface area contributed by atoms with Gasteiger partial charge in [0.1, 0.15) is 0 Å². The fourth-order valence-electron chi connectivity index (χ4n) is 1.99. The van der Waals surface area contributed by atoms with Crippen molar-refractivity contribution in [2.75, 3.05) is 7.11 Å². The van der Waals surface area contributed by atoms with Gasteiger partial charge in [-0.3, -0.25) is 0 Å². The van der Waals surface area contributed by atoms with Crippen molar-refractivity contribution in [1.82, 2.24) is 4.98 Å². The average Bonchev–Trinajstić information content (AvgIpc) is 2.74. The Labute approximate surface area is 121 Å². The van der Waals surface area contributed by atoms with Crippen molar-refractivity contribution in [1.29, 1.82) is 0 Å². The smallest absolute Gasteiger partial charge is 0.339 e. The molecule has 0 saturated carbocycles. The zero-order valence-corrected chi connectivity index (χ0v) is 12.1. The summed E-state index contributed by atoms with van der Waals surface area (Å²) in [6.45, 7) is 1.83. The molecule has 0 aliphatic carbocycles. The summed E-state index contributed by atoms with van der Waals surface area (Å²) in [5.41, 5.74) is 3.05. The number of aromatic nitrogens is 1. The summed E-state index contributed by atoms with van der Waals surface area (Å²) in [7, 11) is 1.37. The average molecular weight is 298 g/mol. The molecule has 0 unspecified atom stereocenters. The lowest BCUT2D eigenvalue weighted by Gasteiger charge is -2.06. The fraction of sp³-hybridized carbons (Fsp3) is 0.214. The fourth-order valence-corrected chi connectivity index (χ4v) is 2.37. The maximum Gasteiger partial charge on any atom is 0.339 e. The van der Waals surface area contributed by atoms with Crippen molar-refractivity contribution in [2.45, 2.75) is 13.3 Å². The second-order valence-corrected chi connectivity index (χ2v) is 5.06. The summed E-state index contributed by atoms with van der Waals surface area (Å²) in [6.07, 6.45) is 2.31. The predicted molar refractivity (Wildman–Crippen MR) is 76.1 cm³/mol. The Hall–Kier alpha value is -1.45. The van der Waals surface area contributed by atoms with E-state index >= 15 is 0 Å². The molecule has 3 nitrogen and oxygen atoms in total. The van der Waals surface area contributed by atoms with Crippen molar-refractivity contribution in [3.8, 4) is 0 Å². The van der Waals surface area contributed by atoms with E-state index in [0.29, 0.717) is 22.0 Å². The number of ether oxygens (including phenoxy) is 1. The van der Waals surface area contributed by atoms with E-state index < -0.39 is 0 Å². The topological polar surface area (TPSA) is 42.1 Å². The van der Waals surface area contributed by atoms with Gasteiger partial charge in [-0.05, 0) is 36.2 Å². The van der Waals surface area contributed by atoms with E-state index in [1.165, 1.54) is 7.11 Å². The van der Waals surface area contributed by atoms with Gasteiger partial charge in [-0.2, -0.15) is 0 Å². The zero-order chi connectivity index (χ0) is 14.0. The first-order chi connectivity index (χ1) is 9.02. The van der Waals surface area contributed by atoms with Crippen molar-refractivity contribution in [2.24, 2.45) is 0 Å². The van der Waals surface area contributed by atoms with Gasteiger partial charge < -0.3 is 9.72 Å². The Morgan fingerprint density at radius 1 is 1.32 bits per heavy atom. The standard InChI is InChI=1S/C14H13Cl2NO2/c1-8-13(14(18)19-2)10(7-17-8)5-9-6-11(15)3-4-12(9)16/h3-4,6-7,17H,5H2,1-2H3. The first-order valence-electron chi connectivity index (χ1n) is 5.72. The zero-order valence-electron chi connectivity index (χ0n) is 10.6. The van der Waals surface area contributed by atoms with Crippen LogP contribution in [0.5, 0.6) is 0 Å². The summed E-state index contributed by atoms with van der Waals surface area (Å²) in [4.78, 5) is 14.8. The summed E-state index contributed by atoms with van der Waals surface area (Å²) < 4.78 is 4.79. The number of aromatic amines is 1. The lowest BCUT2D eigenvalue weighted by molar-refractivity contribution is 0.0599. The molecule has 1 aromatic heterocycles. The van der Waals surface area contributed by atoms with E-state index in [0.717, 1.165) is 16.8 Å². The van der Waals surface area contributed by atoms with Crippen LogP contribution in [-0.4, -0.2) is 18.1 Å². The number of carbonyl (C=O) groups excluding carboxylic acids is 1. The van der Waals surface area contributed by atoms with Crippen LogP contribution >= 0.6 is 23.2 Å². The van der Waals surface area contributed by atoms with Gasteiger partial charge in [0, 0.05) is 28.4 Å². The lowest BCUT2D eigenvalue weighted by Crippen LogP contribution is -2.05. The molecule has 0 atom stereocenters. The highest BCUT2D eigenvalue weighted by molar-refractivity contribution is 6.33. The van der Waals surface area contributed by atoms with Crippen LogP contribution in [0.1, 0.15) is 27.2 Å². The number of rotatable bonds is 3. The van der Waals surface area contributed by atoms with Crippen LogP contribution in [0.2, 0.25) is 10.0 Å². The molecule has 1 N–H and O–H groups in total. The maximum atomic E-state index is 11.8. The molecule has 0 amide bonds. The SMILES string of the molecule is COC(=O)c1c(Cc2cc(Cl)ccc2Cl)c[nH]c1C. The van der Waals surface area contributed by atoms with Gasteiger partial charge in [-0.1, -0.05) is 23.2 Å². The summed E-state index contributed by atoms with van der Waals surface area (Å²) in [5.74, 6) is -0.355. The van der Waals surface area contributed by atoms with Gasteiger partial charge in [0.25, 0.3) is 0 Å². The van der Waals surface area contributed by atoms with Crippen LogP contribution in [-0.2, 0) is 11.2 Å². The Bertz CT molecular complexity index is 620. The number of hydrogen-bond acceptors (Lipinski definition) is 2. The molecule has 100 valence electrons. The lowest BCUT2D eigenvalue weighted by atomic mass is 10.0.